The Hall–Kier alpha value is -10.6. The molecular weight excluding hydrogens is 1750 g/mol. The lowest BCUT2D eigenvalue weighted by molar-refractivity contribution is -0.130. The fraction of sp³-hybridized carbons (Fsp3) is 0.405. The van der Waals surface area contributed by atoms with Crippen LogP contribution >= 0.6 is 11.8 Å². The molecule has 11 aromatic rings. The number of aromatic hydroxyl groups is 4. The second-order valence-electron chi connectivity index (χ2n) is 32.6. The first-order valence-corrected chi connectivity index (χ1v) is 46.9. The number of hydrogen-bond donors (Lipinski definition) is 5. The monoisotopic (exact) mass is 1900 g/mol. The Kier molecular flexibility index (Phi) is 55.6. The summed E-state index contributed by atoms with van der Waals surface area (Å²) in [6, 6.07) is 83.7. The average Bonchev–Trinajstić information content (AvgIpc) is 0.763. The zero-order valence-electron chi connectivity index (χ0n) is 83.2. The van der Waals surface area contributed by atoms with Crippen LogP contribution in [0.4, 0.5) is 0 Å². The molecule has 0 aliphatic rings. The maximum absolute atomic E-state index is 9.90. The lowest BCUT2D eigenvalue weighted by Gasteiger charge is -2.28. The van der Waals surface area contributed by atoms with E-state index in [4.69, 9.17) is 90.0 Å². The molecule has 11 aromatic carbocycles. The molecule has 0 fully saturated rings. The molecule has 0 heterocycles. The van der Waals surface area contributed by atoms with E-state index >= 15 is 0 Å². The minimum Gasteiger partial charge on any atom is -0.508 e. The van der Waals surface area contributed by atoms with E-state index < -0.39 is 11.2 Å². The molecule has 0 aliphatic heterocycles. The van der Waals surface area contributed by atoms with Crippen molar-refractivity contribution in [3.8, 4) is 57.5 Å². The largest absolute Gasteiger partial charge is 0.508 e. The van der Waals surface area contributed by atoms with Crippen molar-refractivity contribution < 1.29 is 116 Å². The van der Waals surface area contributed by atoms with Gasteiger partial charge in [-0.25, -0.2) is 0 Å². The van der Waals surface area contributed by atoms with E-state index in [0.717, 1.165) is 78.2 Å². The molecular formula is C111H148O24S. The van der Waals surface area contributed by atoms with Gasteiger partial charge in [-0.15, -0.1) is 0 Å². The van der Waals surface area contributed by atoms with Gasteiger partial charge in [0.05, 0.1) is 35.6 Å². The van der Waals surface area contributed by atoms with Crippen molar-refractivity contribution >= 4 is 11.8 Å². The van der Waals surface area contributed by atoms with E-state index in [9.17, 15) is 25.5 Å². The third kappa shape index (κ3) is 47.4. The van der Waals surface area contributed by atoms with Crippen LogP contribution in [-0.4, -0.2) is 146 Å². The first-order valence-electron chi connectivity index (χ1n) is 46.0. The van der Waals surface area contributed by atoms with E-state index in [1.54, 1.807) is 86.3 Å². The summed E-state index contributed by atoms with van der Waals surface area (Å²) in [4.78, 5) is 2.20. The van der Waals surface area contributed by atoms with Crippen LogP contribution in [0.25, 0.3) is 0 Å². The SMILES string of the molecule is CCOCOC(C)(C)c1ccc(C(C)(C)O)cc1.CCOCOC(C)(C)c1ccc(C(C)(C)OCOCC)cc1.CCOCOCc1ccc(COCOCC)cc1.CCOCOc1ccc(C(C)(C)c2ccc(O)cc2)cc1.CCOCOc1ccc(Cc2ccc(O)cc2)cc1.CCOCOc1ccc(Oc2ccc(O)cc2)cc1.CCOCOc1ccc(Sc2ccc(O)cc2)cc1. The normalized spacial score (nSPS) is 11.2. The molecule has 0 spiro atoms. The maximum Gasteiger partial charge on any atom is 0.189 e. The van der Waals surface area contributed by atoms with E-state index in [1.165, 1.54) is 16.7 Å². The van der Waals surface area contributed by atoms with Crippen molar-refractivity contribution in [2.45, 2.75) is 189 Å². The number of ether oxygens (including phenoxy) is 19. The highest BCUT2D eigenvalue weighted by Crippen LogP contribution is 2.36. The van der Waals surface area contributed by atoms with Gasteiger partial charge in [0.1, 0.15) is 91.5 Å². The Labute approximate surface area is 812 Å². The molecule has 0 radical (unpaired) electrons. The third-order valence-electron chi connectivity index (χ3n) is 20.3. The summed E-state index contributed by atoms with van der Waals surface area (Å²) in [5.41, 5.74) is 9.04. The molecule has 0 atom stereocenters. The van der Waals surface area contributed by atoms with Crippen molar-refractivity contribution in [1.82, 2.24) is 0 Å². The van der Waals surface area contributed by atoms with Crippen molar-refractivity contribution in [3.63, 3.8) is 0 Å². The van der Waals surface area contributed by atoms with Gasteiger partial charge in [-0.3, -0.25) is 0 Å². The van der Waals surface area contributed by atoms with Crippen molar-refractivity contribution in [1.29, 1.82) is 0 Å². The van der Waals surface area contributed by atoms with Gasteiger partial charge in [0.25, 0.3) is 0 Å². The molecule has 0 amide bonds. The van der Waals surface area contributed by atoms with Gasteiger partial charge in [-0.1, -0.05) is 147 Å². The third-order valence-corrected chi connectivity index (χ3v) is 21.3. The number of phenols is 4. The highest BCUT2D eigenvalue weighted by molar-refractivity contribution is 7.99. The van der Waals surface area contributed by atoms with E-state index in [1.807, 2.05) is 274 Å². The highest BCUT2D eigenvalue weighted by Gasteiger charge is 2.27. The number of rotatable bonds is 50. The number of phenolic OH excluding ortho intramolecular Hbond substituents is 4. The van der Waals surface area contributed by atoms with Crippen LogP contribution in [0.3, 0.4) is 0 Å². The van der Waals surface area contributed by atoms with Gasteiger partial charge in [0, 0.05) is 74.7 Å². The van der Waals surface area contributed by atoms with Crippen LogP contribution in [0.15, 0.2) is 277 Å². The summed E-state index contributed by atoms with van der Waals surface area (Å²) in [6.07, 6.45) is 0.839. The minimum absolute atomic E-state index is 0.133. The molecule has 0 aromatic heterocycles. The smallest absolute Gasteiger partial charge is 0.189 e. The predicted octanol–water partition coefficient (Wildman–Crippen LogP) is 25.0. The zero-order valence-corrected chi connectivity index (χ0v) is 84.0. The maximum atomic E-state index is 9.90. The Bertz CT molecular complexity index is 4540. The quantitative estimate of drug-likeness (QED) is 0.0175. The summed E-state index contributed by atoms with van der Waals surface area (Å²) < 4.78 is 102. The Balaban J connectivity index is 0.000000281. The summed E-state index contributed by atoms with van der Waals surface area (Å²) in [5.74, 6) is 5.58. The molecule has 25 heteroatoms. The zero-order chi connectivity index (χ0) is 99.3. The molecule has 0 saturated heterocycles. The molecule has 0 unspecified atom stereocenters. The van der Waals surface area contributed by atoms with Gasteiger partial charge in [-0.2, -0.15) is 0 Å². The van der Waals surface area contributed by atoms with Gasteiger partial charge in [-0.05, 0) is 325 Å². The molecule has 0 bridgehead atoms. The van der Waals surface area contributed by atoms with Gasteiger partial charge >= 0.3 is 0 Å². The Morgan fingerprint density at radius 3 is 0.750 bits per heavy atom. The molecule has 0 aliphatic carbocycles. The molecule has 742 valence electrons. The summed E-state index contributed by atoms with van der Waals surface area (Å²) in [7, 11) is 0. The highest BCUT2D eigenvalue weighted by atomic mass is 32.2. The fourth-order valence-corrected chi connectivity index (χ4v) is 12.6. The first-order chi connectivity index (χ1) is 65.3. The predicted molar refractivity (Wildman–Crippen MR) is 535 cm³/mol. The second kappa shape index (κ2) is 65.2. The summed E-state index contributed by atoms with van der Waals surface area (Å²) in [6.45, 7) is 47.2. The van der Waals surface area contributed by atoms with Crippen molar-refractivity contribution in [2.24, 2.45) is 0 Å². The van der Waals surface area contributed by atoms with E-state index in [0.29, 0.717) is 117 Å². The summed E-state index contributed by atoms with van der Waals surface area (Å²) >= 11 is 1.64. The topological polar surface area (TPSA) is 277 Å². The number of benzene rings is 11. The summed E-state index contributed by atoms with van der Waals surface area (Å²) in [5, 5.41) is 46.9. The molecule has 11 rings (SSSR count). The first kappa shape index (κ1) is 116. The van der Waals surface area contributed by atoms with Crippen LogP contribution in [-0.2, 0) is 114 Å². The van der Waals surface area contributed by atoms with E-state index in [2.05, 4.69) is 50.2 Å². The van der Waals surface area contributed by atoms with Crippen molar-refractivity contribution in [3.05, 3.63) is 323 Å². The fourth-order valence-electron chi connectivity index (χ4n) is 11.8. The number of hydrogen-bond acceptors (Lipinski definition) is 25. The van der Waals surface area contributed by atoms with Gasteiger partial charge < -0.3 is 116 Å². The van der Waals surface area contributed by atoms with E-state index in [-0.39, 0.29) is 67.8 Å². The minimum atomic E-state index is -0.811. The standard InChI is InChI=1S/C18H30O4.C18H22O3.C16H18O3.C15H16O4.C15H16O3S.C15H24O3.C14H22O4/c1-7-19-13-21-17(3,4)15-9-11-16(12-10-15)18(5,6)22-14-20-8-2;1-4-20-13-21-17-11-7-15(8-12-17)18(2,3)14-5-9-16(19)10-6-14;1-2-18-12-19-16-9-5-14(6-10-16)11-13-3-7-15(17)8-4-13;1-2-17-11-18-13-7-9-15(10-8-13)19-14-5-3-12(16)4-6-14;1-2-17-11-18-13-5-9-15(10-6-13)19-14-7-3-12(16)4-8-14;1-6-17-11-18-15(4,5)13-9-7-12(8-10-13)14(2,3)16;1-3-15-11-17-9-13-5-7-14(8-6-13)10-18-12-16-4-2/h9-12H,7-8,13-14H2,1-6H3;5-12,19H,4,13H2,1-3H3;3-10,17H,2,11-12H2,1H3;2*3-10,16H,2,11H2,1H3;7-10,16H,6,11H2,1-5H3;5-8H,3-4,9-12H2,1-2H3. The average molecular weight is 1900 g/mol. The van der Waals surface area contributed by atoms with Crippen LogP contribution in [0, 0.1) is 0 Å². The Morgan fingerprint density at radius 2 is 0.434 bits per heavy atom. The molecule has 136 heavy (non-hydrogen) atoms. The van der Waals surface area contributed by atoms with Crippen LogP contribution in [0.1, 0.15) is 187 Å². The van der Waals surface area contributed by atoms with Crippen molar-refractivity contribution in [2.75, 3.05) is 121 Å². The Morgan fingerprint density at radius 1 is 0.221 bits per heavy atom. The number of aliphatic hydroxyl groups is 1. The van der Waals surface area contributed by atoms with Crippen LogP contribution < -0.4 is 23.7 Å². The second-order valence-corrected chi connectivity index (χ2v) is 33.7. The van der Waals surface area contributed by atoms with Crippen LogP contribution in [0.2, 0.25) is 0 Å². The molecule has 5 N–H and O–H groups in total. The van der Waals surface area contributed by atoms with Gasteiger partial charge in [0.15, 0.2) is 27.2 Å². The molecule has 24 nitrogen and oxygen atoms in total. The van der Waals surface area contributed by atoms with Gasteiger partial charge in [0.2, 0.25) is 0 Å². The van der Waals surface area contributed by atoms with Crippen LogP contribution in [0.5, 0.6) is 57.5 Å². The lowest BCUT2D eigenvalue weighted by Crippen LogP contribution is -2.25. The molecule has 0 saturated carbocycles. The lowest BCUT2D eigenvalue weighted by atomic mass is 9.78.